The molecule has 0 amide bonds. The minimum atomic E-state index is 0.534. The molecule has 0 spiro atoms. The summed E-state index contributed by atoms with van der Waals surface area (Å²) in [4.78, 5) is 15.2. The number of aromatic nitrogens is 5. The maximum atomic E-state index is 11.0. The number of nitrogens with zero attached hydrogens (tertiary/aromatic N) is 5. The lowest BCUT2D eigenvalue weighted by Crippen LogP contribution is -2.01. The van der Waals surface area contributed by atoms with Crippen LogP contribution in [0, 0.1) is 6.92 Å². The first kappa shape index (κ1) is 10.5. The first-order valence-corrected chi connectivity index (χ1v) is 5.06. The number of carbonyl (C=O) groups is 1. The predicted molar refractivity (Wildman–Crippen MR) is 58.0 cm³/mol. The normalized spacial score (nSPS) is 10.7. The minimum absolute atomic E-state index is 0.534. The Kier molecular flexibility index (Phi) is 2.55. The van der Waals surface area contributed by atoms with Crippen LogP contribution >= 0.6 is 0 Å². The van der Waals surface area contributed by atoms with Gasteiger partial charge in [-0.25, -0.2) is 4.98 Å². The van der Waals surface area contributed by atoms with E-state index < -0.39 is 0 Å². The largest absolute Gasteiger partial charge is 0.298 e. The topological polar surface area (TPSA) is 65.6 Å². The predicted octanol–water partition coefficient (Wildman–Crippen LogP) is 0.819. The van der Waals surface area contributed by atoms with E-state index in [1.54, 1.807) is 22.7 Å². The molecule has 0 N–H and O–H groups in total. The van der Waals surface area contributed by atoms with Gasteiger partial charge >= 0.3 is 0 Å². The minimum Gasteiger partial charge on any atom is -0.298 e. The summed E-state index contributed by atoms with van der Waals surface area (Å²) in [7, 11) is 1.79. The molecule has 0 radical (unpaired) electrons. The Hall–Kier alpha value is -1.98. The highest BCUT2D eigenvalue weighted by Crippen LogP contribution is 2.21. The quantitative estimate of drug-likeness (QED) is 0.717. The summed E-state index contributed by atoms with van der Waals surface area (Å²) in [6, 6.07) is 0. The summed E-state index contributed by atoms with van der Waals surface area (Å²) < 4.78 is 3.35. The fourth-order valence-corrected chi connectivity index (χ4v) is 1.65. The molecule has 0 saturated heterocycles. The second-order valence-electron chi connectivity index (χ2n) is 3.52. The van der Waals surface area contributed by atoms with Crippen molar-refractivity contribution in [1.82, 2.24) is 24.5 Å². The lowest BCUT2D eigenvalue weighted by atomic mass is 10.2. The molecule has 0 aliphatic heterocycles. The van der Waals surface area contributed by atoms with Gasteiger partial charge in [0.2, 0.25) is 0 Å². The first-order chi connectivity index (χ1) is 7.67. The van der Waals surface area contributed by atoms with Gasteiger partial charge < -0.3 is 0 Å². The van der Waals surface area contributed by atoms with Crippen LogP contribution in [0.4, 0.5) is 0 Å². The highest BCUT2D eigenvalue weighted by Gasteiger charge is 2.18. The summed E-state index contributed by atoms with van der Waals surface area (Å²) in [6.07, 6.45) is 2.41. The lowest BCUT2D eigenvalue weighted by Gasteiger charge is -2.00. The molecule has 0 fully saturated rings. The van der Waals surface area contributed by atoms with E-state index in [1.165, 1.54) is 0 Å². The summed E-state index contributed by atoms with van der Waals surface area (Å²) in [5.74, 6) is 0.534. The molecule has 16 heavy (non-hydrogen) atoms. The Balaban J connectivity index is 2.66. The van der Waals surface area contributed by atoms with Gasteiger partial charge in [-0.1, -0.05) is 0 Å². The van der Waals surface area contributed by atoms with Gasteiger partial charge in [0, 0.05) is 13.6 Å². The van der Waals surface area contributed by atoms with Gasteiger partial charge in [0.1, 0.15) is 12.0 Å². The van der Waals surface area contributed by atoms with E-state index in [2.05, 4.69) is 15.2 Å². The van der Waals surface area contributed by atoms with Crippen molar-refractivity contribution in [2.75, 3.05) is 0 Å². The van der Waals surface area contributed by atoms with Crippen molar-refractivity contribution in [2.24, 2.45) is 7.05 Å². The van der Waals surface area contributed by atoms with Crippen LogP contribution in [0.15, 0.2) is 6.33 Å². The van der Waals surface area contributed by atoms with Crippen molar-refractivity contribution in [1.29, 1.82) is 0 Å². The Bertz CT molecular complexity index is 525. The molecule has 0 unspecified atom stereocenters. The third kappa shape index (κ3) is 1.52. The highest BCUT2D eigenvalue weighted by molar-refractivity contribution is 5.85. The molecule has 0 atom stereocenters. The van der Waals surface area contributed by atoms with Gasteiger partial charge in [-0.3, -0.25) is 14.2 Å². The zero-order valence-electron chi connectivity index (χ0n) is 9.51. The van der Waals surface area contributed by atoms with E-state index in [-0.39, 0.29) is 0 Å². The standard InChI is InChI=1S/C10H13N5O/c1-4-15-9(8(5-16)7(2)12-15)10-11-6-14(3)13-10/h5-6H,4H2,1-3H3. The summed E-state index contributed by atoms with van der Waals surface area (Å²) in [5.41, 5.74) is 1.96. The van der Waals surface area contributed by atoms with Crippen LogP contribution in [0.3, 0.4) is 0 Å². The second-order valence-corrected chi connectivity index (χ2v) is 3.52. The Morgan fingerprint density at radius 1 is 1.44 bits per heavy atom. The van der Waals surface area contributed by atoms with E-state index in [1.807, 2.05) is 13.8 Å². The summed E-state index contributed by atoms with van der Waals surface area (Å²) in [6.45, 7) is 4.46. The SMILES string of the molecule is CCn1nc(C)c(C=O)c1-c1ncn(C)n1. The maximum absolute atomic E-state index is 11.0. The van der Waals surface area contributed by atoms with Crippen LogP contribution in [-0.2, 0) is 13.6 Å². The molecular formula is C10H13N5O. The van der Waals surface area contributed by atoms with Crippen LogP contribution in [0.25, 0.3) is 11.5 Å². The van der Waals surface area contributed by atoms with Crippen LogP contribution in [0.5, 0.6) is 0 Å². The monoisotopic (exact) mass is 219 g/mol. The van der Waals surface area contributed by atoms with E-state index in [0.29, 0.717) is 29.3 Å². The van der Waals surface area contributed by atoms with Gasteiger partial charge in [0.05, 0.1) is 11.3 Å². The molecule has 6 nitrogen and oxygen atoms in total. The molecule has 0 aliphatic carbocycles. The Morgan fingerprint density at radius 2 is 2.19 bits per heavy atom. The third-order valence-corrected chi connectivity index (χ3v) is 2.40. The van der Waals surface area contributed by atoms with Crippen LogP contribution in [0.1, 0.15) is 23.0 Å². The van der Waals surface area contributed by atoms with Crippen LogP contribution < -0.4 is 0 Å². The van der Waals surface area contributed by atoms with Gasteiger partial charge in [-0.05, 0) is 13.8 Å². The second kappa shape index (κ2) is 3.88. The molecule has 0 aliphatic rings. The number of aldehydes is 1. The van der Waals surface area contributed by atoms with Crippen molar-refractivity contribution in [3.05, 3.63) is 17.6 Å². The van der Waals surface area contributed by atoms with Gasteiger partial charge in [0.25, 0.3) is 0 Å². The smallest absolute Gasteiger partial charge is 0.200 e. The van der Waals surface area contributed by atoms with Crippen molar-refractivity contribution < 1.29 is 4.79 Å². The fraction of sp³-hybridized carbons (Fsp3) is 0.400. The molecule has 6 heteroatoms. The average Bonchev–Trinajstić information content (AvgIpc) is 2.81. The van der Waals surface area contributed by atoms with Crippen molar-refractivity contribution in [3.63, 3.8) is 0 Å². The number of carbonyl (C=O) groups excluding carboxylic acids is 1. The van der Waals surface area contributed by atoms with E-state index in [0.717, 1.165) is 6.29 Å². The summed E-state index contributed by atoms with van der Waals surface area (Å²) in [5, 5.41) is 8.48. The average molecular weight is 219 g/mol. The Labute approximate surface area is 92.9 Å². The van der Waals surface area contributed by atoms with E-state index >= 15 is 0 Å². The molecule has 2 rings (SSSR count). The van der Waals surface area contributed by atoms with Crippen molar-refractivity contribution in [3.8, 4) is 11.5 Å². The lowest BCUT2D eigenvalue weighted by molar-refractivity contribution is 0.112. The van der Waals surface area contributed by atoms with Gasteiger partial charge in [0.15, 0.2) is 12.1 Å². The van der Waals surface area contributed by atoms with E-state index in [9.17, 15) is 4.79 Å². The van der Waals surface area contributed by atoms with Gasteiger partial charge in [-0.2, -0.15) is 5.10 Å². The van der Waals surface area contributed by atoms with Crippen LogP contribution in [-0.4, -0.2) is 30.8 Å². The highest BCUT2D eigenvalue weighted by atomic mass is 16.1. The number of hydrogen-bond acceptors (Lipinski definition) is 4. The number of aryl methyl sites for hydroxylation is 3. The summed E-state index contributed by atoms with van der Waals surface area (Å²) >= 11 is 0. The fourth-order valence-electron chi connectivity index (χ4n) is 1.65. The molecular weight excluding hydrogens is 206 g/mol. The molecule has 84 valence electrons. The van der Waals surface area contributed by atoms with Crippen LogP contribution in [0.2, 0.25) is 0 Å². The molecule has 2 aromatic rings. The van der Waals surface area contributed by atoms with Gasteiger partial charge in [-0.15, -0.1) is 5.10 Å². The molecule has 0 saturated carbocycles. The maximum Gasteiger partial charge on any atom is 0.200 e. The van der Waals surface area contributed by atoms with Crippen molar-refractivity contribution in [2.45, 2.75) is 20.4 Å². The third-order valence-electron chi connectivity index (χ3n) is 2.40. The first-order valence-electron chi connectivity index (χ1n) is 5.06. The van der Waals surface area contributed by atoms with E-state index in [4.69, 9.17) is 0 Å². The zero-order chi connectivity index (χ0) is 11.7. The zero-order valence-corrected chi connectivity index (χ0v) is 9.51. The molecule has 2 aromatic heterocycles. The molecule has 2 heterocycles. The number of hydrogen-bond donors (Lipinski definition) is 0. The molecule has 0 bridgehead atoms. The molecule has 0 aromatic carbocycles. The van der Waals surface area contributed by atoms with Crippen molar-refractivity contribution >= 4 is 6.29 Å². The number of rotatable bonds is 3. The Morgan fingerprint density at radius 3 is 2.69 bits per heavy atom.